The molecular formula is C25H26N2O5. The number of fused-ring (bicyclic) bond motifs is 4. The predicted molar refractivity (Wildman–Crippen MR) is 117 cm³/mol. The summed E-state index contributed by atoms with van der Waals surface area (Å²) < 4.78 is 17.2. The zero-order valence-corrected chi connectivity index (χ0v) is 18.0. The number of nitrogens with zero attached hydrogens (tertiary/aromatic N) is 2. The first kappa shape index (κ1) is 19.5. The van der Waals surface area contributed by atoms with Crippen LogP contribution in [0, 0.1) is 0 Å². The van der Waals surface area contributed by atoms with Gasteiger partial charge in [-0.15, -0.1) is 0 Å². The van der Waals surface area contributed by atoms with Crippen molar-refractivity contribution in [1.29, 1.82) is 0 Å². The van der Waals surface area contributed by atoms with Gasteiger partial charge in [-0.3, -0.25) is 14.5 Å². The molecule has 1 saturated carbocycles. The van der Waals surface area contributed by atoms with Crippen LogP contribution >= 0.6 is 0 Å². The fourth-order valence-corrected chi connectivity index (χ4v) is 5.69. The Kier molecular flexibility index (Phi) is 4.52. The zero-order valence-electron chi connectivity index (χ0n) is 18.0. The van der Waals surface area contributed by atoms with Gasteiger partial charge in [-0.05, 0) is 48.2 Å². The number of benzene rings is 2. The van der Waals surface area contributed by atoms with Gasteiger partial charge in [0.15, 0.2) is 18.1 Å². The van der Waals surface area contributed by atoms with Crippen molar-refractivity contribution in [3.8, 4) is 17.2 Å². The molecule has 0 atom stereocenters. The van der Waals surface area contributed by atoms with Crippen molar-refractivity contribution in [2.45, 2.75) is 37.6 Å². The molecular weight excluding hydrogens is 408 g/mol. The minimum absolute atomic E-state index is 0.0230. The summed E-state index contributed by atoms with van der Waals surface area (Å²) in [6.45, 7) is 2.29. The summed E-state index contributed by atoms with van der Waals surface area (Å²) >= 11 is 0. The molecule has 2 aromatic carbocycles. The summed E-state index contributed by atoms with van der Waals surface area (Å²) in [5, 5.41) is 0. The number of amides is 2. The van der Waals surface area contributed by atoms with Gasteiger partial charge < -0.3 is 19.1 Å². The molecule has 7 heteroatoms. The van der Waals surface area contributed by atoms with Crippen LogP contribution in [0.5, 0.6) is 17.2 Å². The summed E-state index contributed by atoms with van der Waals surface area (Å²) in [4.78, 5) is 29.6. The molecule has 3 heterocycles. The number of para-hydroxylation sites is 2. The third-order valence-electron chi connectivity index (χ3n) is 7.21. The van der Waals surface area contributed by atoms with Gasteiger partial charge in [-0.2, -0.15) is 0 Å². The van der Waals surface area contributed by atoms with Crippen LogP contribution in [-0.2, 0) is 21.5 Å². The molecule has 0 unspecified atom stereocenters. The smallest absolute Gasteiger partial charge is 0.265 e. The monoisotopic (exact) mass is 434 g/mol. The van der Waals surface area contributed by atoms with Crippen LogP contribution in [0.3, 0.4) is 0 Å². The van der Waals surface area contributed by atoms with Crippen molar-refractivity contribution < 1.29 is 23.8 Å². The van der Waals surface area contributed by atoms with Crippen LogP contribution in [-0.4, -0.2) is 49.6 Å². The maximum Gasteiger partial charge on any atom is 0.265 e. The molecule has 0 radical (unpaired) electrons. The van der Waals surface area contributed by atoms with E-state index in [1.807, 2.05) is 29.2 Å². The molecule has 166 valence electrons. The maximum atomic E-state index is 13.5. The summed E-state index contributed by atoms with van der Waals surface area (Å²) in [5.41, 5.74) is 3.04. The Bertz CT molecular complexity index is 1090. The molecule has 1 fully saturated rings. The topological polar surface area (TPSA) is 68.3 Å². The van der Waals surface area contributed by atoms with Crippen LogP contribution < -0.4 is 19.1 Å². The van der Waals surface area contributed by atoms with Gasteiger partial charge in [-0.1, -0.05) is 25.0 Å². The van der Waals surface area contributed by atoms with E-state index in [4.69, 9.17) is 14.2 Å². The van der Waals surface area contributed by atoms with Crippen molar-refractivity contribution >= 4 is 17.5 Å². The van der Waals surface area contributed by atoms with Crippen molar-refractivity contribution in [3.63, 3.8) is 0 Å². The fraction of sp³-hybridized carbons (Fsp3) is 0.440. The van der Waals surface area contributed by atoms with Crippen LogP contribution in [0.1, 0.15) is 36.8 Å². The molecule has 7 nitrogen and oxygen atoms in total. The normalized spacial score (nSPS) is 20.6. The van der Waals surface area contributed by atoms with Gasteiger partial charge in [-0.25, -0.2) is 0 Å². The molecule has 1 spiro atoms. The van der Waals surface area contributed by atoms with Crippen molar-refractivity contribution in [1.82, 2.24) is 4.90 Å². The Hall–Kier alpha value is -3.22. The lowest BCUT2D eigenvalue weighted by atomic mass is 9.73. The van der Waals surface area contributed by atoms with Crippen LogP contribution in [0.4, 0.5) is 5.69 Å². The van der Waals surface area contributed by atoms with Crippen molar-refractivity contribution in [2.24, 2.45) is 0 Å². The third-order valence-corrected chi connectivity index (χ3v) is 7.21. The van der Waals surface area contributed by atoms with Gasteiger partial charge in [0, 0.05) is 18.5 Å². The number of ether oxygens (including phenoxy) is 3. The Morgan fingerprint density at radius 3 is 2.53 bits per heavy atom. The number of anilines is 1. The number of carbonyl (C=O) groups excluding carboxylic acids is 2. The summed E-state index contributed by atoms with van der Waals surface area (Å²) in [7, 11) is 0. The van der Waals surface area contributed by atoms with E-state index in [0.29, 0.717) is 37.7 Å². The van der Waals surface area contributed by atoms with Crippen molar-refractivity contribution in [3.05, 3.63) is 47.5 Å². The average molecular weight is 434 g/mol. The van der Waals surface area contributed by atoms with Gasteiger partial charge in [0.2, 0.25) is 5.91 Å². The Balaban J connectivity index is 1.31. The molecule has 4 aliphatic rings. The fourth-order valence-electron chi connectivity index (χ4n) is 5.69. The lowest BCUT2D eigenvalue weighted by Crippen LogP contribution is -2.51. The Morgan fingerprint density at radius 2 is 1.72 bits per heavy atom. The van der Waals surface area contributed by atoms with Gasteiger partial charge in [0.1, 0.15) is 25.5 Å². The van der Waals surface area contributed by atoms with Crippen LogP contribution in [0.2, 0.25) is 0 Å². The van der Waals surface area contributed by atoms with E-state index in [0.717, 1.165) is 42.7 Å². The second kappa shape index (κ2) is 7.43. The third kappa shape index (κ3) is 3.10. The first-order valence-corrected chi connectivity index (χ1v) is 11.4. The molecule has 6 rings (SSSR count). The van der Waals surface area contributed by atoms with E-state index >= 15 is 0 Å². The number of carbonyl (C=O) groups is 2. The molecule has 3 aliphatic heterocycles. The Labute approximate surface area is 186 Å². The minimum Gasteiger partial charge on any atom is -0.486 e. The lowest BCUT2D eigenvalue weighted by Gasteiger charge is -2.43. The quantitative estimate of drug-likeness (QED) is 0.727. The minimum atomic E-state index is -0.190. The highest BCUT2D eigenvalue weighted by Gasteiger charge is 2.44. The largest absolute Gasteiger partial charge is 0.486 e. The lowest BCUT2D eigenvalue weighted by molar-refractivity contribution is -0.133. The van der Waals surface area contributed by atoms with Gasteiger partial charge in [0.25, 0.3) is 5.91 Å². The zero-order chi connectivity index (χ0) is 21.7. The van der Waals surface area contributed by atoms with E-state index < -0.39 is 0 Å². The molecule has 0 aromatic heterocycles. The highest BCUT2D eigenvalue weighted by molar-refractivity contribution is 6.02. The maximum absolute atomic E-state index is 13.5. The number of hydrogen-bond donors (Lipinski definition) is 0. The second-order valence-electron chi connectivity index (χ2n) is 9.13. The van der Waals surface area contributed by atoms with E-state index in [2.05, 4.69) is 12.1 Å². The molecule has 1 aliphatic carbocycles. The first-order chi connectivity index (χ1) is 15.6. The van der Waals surface area contributed by atoms with E-state index in [9.17, 15) is 9.59 Å². The standard InChI is InChI=1S/C25H26N2O5/c28-23(14-27-19-5-1-2-6-20(19)32-15-24(27)29)26-13-17-11-21-22(31-10-9-30-21)12-18(17)25(16-26)7-3-4-8-25/h1-2,5-6,11-12H,3-4,7-10,13-16H2. The van der Waals surface area contributed by atoms with Gasteiger partial charge in [0.05, 0.1) is 5.69 Å². The first-order valence-electron chi connectivity index (χ1n) is 11.4. The van der Waals surface area contributed by atoms with Crippen LogP contribution in [0.25, 0.3) is 0 Å². The van der Waals surface area contributed by atoms with E-state index in [-0.39, 0.29) is 30.4 Å². The molecule has 2 aromatic rings. The molecule has 2 amide bonds. The molecule has 0 saturated heterocycles. The molecule has 0 N–H and O–H groups in total. The number of rotatable bonds is 2. The summed E-state index contributed by atoms with van der Waals surface area (Å²) in [5.74, 6) is 1.98. The molecule has 32 heavy (non-hydrogen) atoms. The average Bonchev–Trinajstić information content (AvgIpc) is 3.28. The highest BCUT2D eigenvalue weighted by atomic mass is 16.6. The van der Waals surface area contributed by atoms with Crippen LogP contribution in [0.15, 0.2) is 36.4 Å². The van der Waals surface area contributed by atoms with Gasteiger partial charge >= 0.3 is 0 Å². The predicted octanol–water partition coefficient (Wildman–Crippen LogP) is 3.04. The summed E-state index contributed by atoms with van der Waals surface area (Å²) in [6.07, 6.45) is 4.43. The Morgan fingerprint density at radius 1 is 0.969 bits per heavy atom. The highest BCUT2D eigenvalue weighted by Crippen LogP contribution is 2.49. The van der Waals surface area contributed by atoms with E-state index in [1.54, 1.807) is 4.90 Å². The number of hydrogen-bond acceptors (Lipinski definition) is 5. The second-order valence-corrected chi connectivity index (χ2v) is 9.13. The molecule has 0 bridgehead atoms. The summed E-state index contributed by atoms with van der Waals surface area (Å²) in [6, 6.07) is 11.6. The van der Waals surface area contributed by atoms with Crippen molar-refractivity contribution in [2.75, 3.05) is 37.8 Å². The van der Waals surface area contributed by atoms with E-state index in [1.165, 1.54) is 5.56 Å². The SMILES string of the molecule is O=C(CN1C(=O)COc2ccccc21)N1Cc2cc3c(cc2C2(CCCC2)C1)OCCO3.